The van der Waals surface area contributed by atoms with E-state index in [1.165, 1.54) is 24.3 Å². The van der Waals surface area contributed by atoms with Crippen LogP contribution in [0.1, 0.15) is 42.7 Å². The van der Waals surface area contributed by atoms with Gasteiger partial charge in [-0.1, -0.05) is 18.2 Å². The van der Waals surface area contributed by atoms with Crippen molar-refractivity contribution in [2.45, 2.75) is 32.9 Å². The van der Waals surface area contributed by atoms with Gasteiger partial charge in [-0.3, -0.25) is 19.7 Å². The number of nitro groups is 1. The number of nitrogens with zero attached hydrogens (tertiary/aromatic N) is 1. The molecule has 2 atom stereocenters. The molecule has 0 aromatic heterocycles. The lowest BCUT2D eigenvalue weighted by Gasteiger charge is -2.19. The van der Waals surface area contributed by atoms with Gasteiger partial charge in [0.2, 0.25) is 5.91 Å². The molecule has 8 nitrogen and oxygen atoms in total. The second-order valence-electron chi connectivity index (χ2n) is 6.23. The monoisotopic (exact) mass is 385 g/mol. The highest BCUT2D eigenvalue weighted by molar-refractivity contribution is 5.97. The summed E-state index contributed by atoms with van der Waals surface area (Å²) in [5, 5.41) is 16.2. The van der Waals surface area contributed by atoms with Gasteiger partial charge in [-0.2, -0.15) is 0 Å². The highest BCUT2D eigenvalue weighted by Gasteiger charge is 2.20. The summed E-state index contributed by atoms with van der Waals surface area (Å²) in [6.07, 6.45) is 0. The van der Waals surface area contributed by atoms with Crippen LogP contribution in [0.5, 0.6) is 5.75 Å². The number of carbonyl (C=O) groups excluding carboxylic acids is 2. The molecule has 2 N–H and O–H groups in total. The Morgan fingerprint density at radius 1 is 1.11 bits per heavy atom. The lowest BCUT2D eigenvalue weighted by molar-refractivity contribution is -0.384. The van der Waals surface area contributed by atoms with E-state index in [1.807, 2.05) is 38.1 Å². The van der Waals surface area contributed by atoms with Crippen molar-refractivity contribution >= 4 is 17.5 Å². The van der Waals surface area contributed by atoms with Gasteiger partial charge in [0.05, 0.1) is 17.6 Å². The van der Waals surface area contributed by atoms with E-state index in [-0.39, 0.29) is 23.2 Å². The molecule has 2 unspecified atom stereocenters. The zero-order valence-corrected chi connectivity index (χ0v) is 16.0. The molecule has 0 heterocycles. The molecule has 0 spiro atoms. The number of hydrogen-bond donors (Lipinski definition) is 2. The van der Waals surface area contributed by atoms with Gasteiger partial charge < -0.3 is 15.4 Å². The topological polar surface area (TPSA) is 111 Å². The van der Waals surface area contributed by atoms with Crippen molar-refractivity contribution < 1.29 is 19.2 Å². The van der Waals surface area contributed by atoms with Crippen molar-refractivity contribution in [2.75, 3.05) is 6.61 Å². The number of hydrogen-bond acceptors (Lipinski definition) is 5. The molecule has 0 bridgehead atoms. The summed E-state index contributed by atoms with van der Waals surface area (Å²) in [7, 11) is 0. The molecule has 0 radical (unpaired) electrons. The summed E-state index contributed by atoms with van der Waals surface area (Å²) in [4.78, 5) is 34.9. The zero-order valence-electron chi connectivity index (χ0n) is 16.0. The quantitative estimate of drug-likeness (QED) is 0.536. The van der Waals surface area contributed by atoms with Crippen molar-refractivity contribution in [3.63, 3.8) is 0 Å². The van der Waals surface area contributed by atoms with Crippen molar-refractivity contribution in [1.82, 2.24) is 10.6 Å². The Labute approximate surface area is 163 Å². The van der Waals surface area contributed by atoms with Gasteiger partial charge in [0, 0.05) is 17.7 Å². The van der Waals surface area contributed by atoms with E-state index in [0.717, 1.165) is 11.3 Å². The second-order valence-corrected chi connectivity index (χ2v) is 6.23. The molecule has 2 aromatic rings. The smallest absolute Gasteiger partial charge is 0.270 e. The molecule has 2 amide bonds. The molecule has 0 aliphatic rings. The summed E-state index contributed by atoms with van der Waals surface area (Å²) < 4.78 is 5.39. The van der Waals surface area contributed by atoms with Crippen molar-refractivity contribution in [3.05, 3.63) is 69.8 Å². The fourth-order valence-electron chi connectivity index (χ4n) is 2.55. The minimum absolute atomic E-state index is 0.119. The molecule has 28 heavy (non-hydrogen) atoms. The lowest BCUT2D eigenvalue weighted by Crippen LogP contribution is -2.45. The summed E-state index contributed by atoms with van der Waals surface area (Å²) in [5.74, 6) is -0.164. The van der Waals surface area contributed by atoms with E-state index in [1.54, 1.807) is 6.92 Å². The third-order valence-corrected chi connectivity index (χ3v) is 4.11. The Morgan fingerprint density at radius 3 is 2.39 bits per heavy atom. The average Bonchev–Trinajstić information content (AvgIpc) is 2.68. The summed E-state index contributed by atoms with van der Waals surface area (Å²) in [5.41, 5.74) is 0.830. The predicted octanol–water partition coefficient (Wildman–Crippen LogP) is 2.99. The van der Waals surface area contributed by atoms with Crippen LogP contribution < -0.4 is 15.4 Å². The highest BCUT2D eigenvalue weighted by Crippen LogP contribution is 2.18. The van der Waals surface area contributed by atoms with E-state index in [4.69, 9.17) is 4.74 Å². The summed E-state index contributed by atoms with van der Waals surface area (Å²) >= 11 is 0. The molecule has 0 saturated carbocycles. The Kier molecular flexibility index (Phi) is 7.08. The zero-order chi connectivity index (χ0) is 20.7. The number of carbonyl (C=O) groups is 2. The lowest BCUT2D eigenvalue weighted by atomic mass is 10.1. The molecule has 0 fully saturated rings. The maximum absolute atomic E-state index is 12.4. The van der Waals surface area contributed by atoms with E-state index in [0.29, 0.717) is 6.61 Å². The SMILES string of the molecule is CCOc1ccc(C(C)NC(=O)C(C)NC(=O)c2cccc([N+](=O)[O-])c2)cc1. The highest BCUT2D eigenvalue weighted by atomic mass is 16.6. The maximum Gasteiger partial charge on any atom is 0.270 e. The van der Waals surface area contributed by atoms with Gasteiger partial charge in [0.25, 0.3) is 11.6 Å². The van der Waals surface area contributed by atoms with Crippen molar-refractivity contribution in [3.8, 4) is 5.75 Å². The van der Waals surface area contributed by atoms with Gasteiger partial charge in [0.1, 0.15) is 11.8 Å². The molecule has 148 valence electrons. The molecule has 0 saturated heterocycles. The Morgan fingerprint density at radius 2 is 1.79 bits per heavy atom. The van der Waals surface area contributed by atoms with Crippen molar-refractivity contribution in [1.29, 1.82) is 0 Å². The third kappa shape index (κ3) is 5.54. The normalized spacial score (nSPS) is 12.5. The van der Waals surface area contributed by atoms with Crippen LogP contribution in [0.25, 0.3) is 0 Å². The number of benzene rings is 2. The average molecular weight is 385 g/mol. The molecular weight excluding hydrogens is 362 g/mol. The van der Waals surface area contributed by atoms with Gasteiger partial charge >= 0.3 is 0 Å². The van der Waals surface area contributed by atoms with Crippen LogP contribution in [0.15, 0.2) is 48.5 Å². The van der Waals surface area contributed by atoms with E-state index in [2.05, 4.69) is 10.6 Å². The molecular formula is C20H23N3O5. The van der Waals surface area contributed by atoms with E-state index < -0.39 is 16.9 Å². The Hall–Kier alpha value is -3.42. The van der Waals surface area contributed by atoms with Gasteiger partial charge in [-0.15, -0.1) is 0 Å². The van der Waals surface area contributed by atoms with Gasteiger partial charge in [0.15, 0.2) is 0 Å². The Bertz CT molecular complexity index is 851. The van der Waals surface area contributed by atoms with Crippen LogP contribution in [0.3, 0.4) is 0 Å². The van der Waals surface area contributed by atoms with Crippen LogP contribution in [0.2, 0.25) is 0 Å². The van der Waals surface area contributed by atoms with Crippen LogP contribution in [0.4, 0.5) is 5.69 Å². The number of ether oxygens (including phenoxy) is 1. The minimum atomic E-state index is -0.808. The molecule has 2 aromatic carbocycles. The van der Waals surface area contributed by atoms with Crippen LogP contribution in [0, 0.1) is 10.1 Å². The first-order valence-corrected chi connectivity index (χ1v) is 8.90. The first kappa shape index (κ1) is 20.9. The molecule has 8 heteroatoms. The number of nitro benzene ring substituents is 1. The van der Waals surface area contributed by atoms with E-state index in [9.17, 15) is 19.7 Å². The van der Waals surface area contributed by atoms with Crippen LogP contribution in [-0.2, 0) is 4.79 Å². The number of non-ortho nitro benzene ring substituents is 1. The van der Waals surface area contributed by atoms with Crippen molar-refractivity contribution in [2.24, 2.45) is 0 Å². The predicted molar refractivity (Wildman–Crippen MR) is 104 cm³/mol. The number of nitrogens with one attached hydrogen (secondary N) is 2. The molecule has 0 aliphatic carbocycles. The van der Waals surface area contributed by atoms with Gasteiger partial charge in [-0.25, -0.2) is 0 Å². The number of amides is 2. The Balaban J connectivity index is 1.95. The first-order valence-electron chi connectivity index (χ1n) is 8.90. The minimum Gasteiger partial charge on any atom is -0.494 e. The number of rotatable bonds is 8. The largest absolute Gasteiger partial charge is 0.494 e. The van der Waals surface area contributed by atoms with Crippen LogP contribution in [-0.4, -0.2) is 29.4 Å². The first-order chi connectivity index (χ1) is 13.3. The molecule has 2 rings (SSSR count). The third-order valence-electron chi connectivity index (χ3n) is 4.11. The summed E-state index contributed by atoms with van der Waals surface area (Å²) in [6.45, 7) is 5.87. The maximum atomic E-state index is 12.4. The standard InChI is InChI=1S/C20H23N3O5/c1-4-28-18-10-8-15(9-11-18)13(2)21-19(24)14(3)22-20(25)16-6-5-7-17(12-16)23(26)27/h5-14H,4H2,1-3H3,(H,21,24)(H,22,25). The van der Waals surface area contributed by atoms with E-state index >= 15 is 0 Å². The van der Waals surface area contributed by atoms with Crippen LogP contribution >= 0.6 is 0 Å². The fraction of sp³-hybridized carbons (Fsp3) is 0.300. The van der Waals surface area contributed by atoms with Gasteiger partial charge in [-0.05, 0) is 44.5 Å². The molecule has 0 aliphatic heterocycles. The fourth-order valence-corrected chi connectivity index (χ4v) is 2.55. The second kappa shape index (κ2) is 9.50. The summed E-state index contributed by atoms with van der Waals surface area (Å²) in [6, 6.07) is 11.7.